The highest BCUT2D eigenvalue weighted by atomic mass is 32.2. The van der Waals surface area contributed by atoms with Crippen molar-refractivity contribution in [2.24, 2.45) is 0 Å². The Morgan fingerprint density at radius 3 is 2.61 bits per heavy atom. The van der Waals surface area contributed by atoms with Crippen LogP contribution in [0.25, 0.3) is 0 Å². The van der Waals surface area contributed by atoms with Gasteiger partial charge in [-0.05, 0) is 54.8 Å². The van der Waals surface area contributed by atoms with E-state index >= 15 is 0 Å². The van der Waals surface area contributed by atoms with E-state index in [2.05, 4.69) is 9.46 Å². The van der Waals surface area contributed by atoms with Gasteiger partial charge in [0.05, 0.1) is 23.3 Å². The van der Waals surface area contributed by atoms with Gasteiger partial charge in [0, 0.05) is 18.7 Å². The highest BCUT2D eigenvalue weighted by Gasteiger charge is 2.26. The first-order valence-electron chi connectivity index (χ1n) is 8.92. The molecule has 0 unspecified atom stereocenters. The number of sulfonamides is 1. The van der Waals surface area contributed by atoms with Crippen LogP contribution in [0, 0.1) is 6.92 Å². The highest BCUT2D eigenvalue weighted by molar-refractivity contribution is 7.92. The number of carbonyl (C=O) groups is 2. The third kappa shape index (κ3) is 3.73. The van der Waals surface area contributed by atoms with Crippen molar-refractivity contribution in [3.8, 4) is 0 Å². The van der Waals surface area contributed by atoms with Crippen LogP contribution in [0.2, 0.25) is 0 Å². The predicted molar refractivity (Wildman–Crippen MR) is 106 cm³/mol. The van der Waals surface area contributed by atoms with E-state index in [1.807, 2.05) is 0 Å². The van der Waals surface area contributed by atoms with Crippen LogP contribution in [0.15, 0.2) is 41.3 Å². The molecular weight excluding hydrogens is 380 g/mol. The highest BCUT2D eigenvalue weighted by Crippen LogP contribution is 2.31. The molecule has 8 heteroatoms. The molecule has 0 saturated heterocycles. The molecule has 0 aliphatic carbocycles. The van der Waals surface area contributed by atoms with Gasteiger partial charge in [-0.25, -0.2) is 13.2 Å². The Labute approximate surface area is 164 Å². The maximum atomic E-state index is 12.9. The van der Waals surface area contributed by atoms with Crippen molar-refractivity contribution < 1.29 is 22.7 Å². The van der Waals surface area contributed by atoms with Crippen LogP contribution in [0.4, 0.5) is 11.4 Å². The maximum absolute atomic E-state index is 12.9. The normalized spacial score (nSPS) is 13.2. The molecule has 1 aliphatic heterocycles. The molecular formula is C20H22N2O5S. The number of anilines is 2. The van der Waals surface area contributed by atoms with Gasteiger partial charge < -0.3 is 9.64 Å². The lowest BCUT2D eigenvalue weighted by atomic mass is 10.1. The predicted octanol–water partition coefficient (Wildman–Crippen LogP) is 2.88. The largest absolute Gasteiger partial charge is 0.465 e. The molecule has 0 aromatic heterocycles. The zero-order valence-corrected chi connectivity index (χ0v) is 16.8. The van der Waals surface area contributed by atoms with E-state index in [1.54, 1.807) is 43.0 Å². The zero-order chi connectivity index (χ0) is 20.5. The maximum Gasteiger partial charge on any atom is 0.337 e. The summed E-state index contributed by atoms with van der Waals surface area (Å²) >= 11 is 0. The molecule has 1 heterocycles. The average Bonchev–Trinajstić information content (AvgIpc) is 3.11. The molecule has 1 amide bonds. The SMILES string of the molecule is CCC(=O)N1CCc2cc(S(=O)(=O)Nc3cc(C(=O)OC)ccc3C)ccc21. The minimum atomic E-state index is -3.86. The fourth-order valence-electron chi connectivity index (χ4n) is 3.18. The lowest BCUT2D eigenvalue weighted by Gasteiger charge is -2.17. The molecule has 2 aromatic rings. The molecule has 0 radical (unpaired) electrons. The Hall–Kier alpha value is -2.87. The van der Waals surface area contributed by atoms with Crippen molar-refractivity contribution in [1.82, 2.24) is 0 Å². The van der Waals surface area contributed by atoms with Crippen molar-refractivity contribution in [2.45, 2.75) is 31.6 Å². The summed E-state index contributed by atoms with van der Waals surface area (Å²) in [5.41, 5.74) is 2.83. The van der Waals surface area contributed by atoms with E-state index in [0.29, 0.717) is 30.6 Å². The number of esters is 1. The van der Waals surface area contributed by atoms with Crippen LogP contribution in [0.3, 0.4) is 0 Å². The van der Waals surface area contributed by atoms with Crippen LogP contribution < -0.4 is 9.62 Å². The van der Waals surface area contributed by atoms with Gasteiger partial charge in [-0.2, -0.15) is 0 Å². The Morgan fingerprint density at radius 2 is 1.93 bits per heavy atom. The van der Waals surface area contributed by atoms with Crippen LogP contribution in [0.5, 0.6) is 0 Å². The topological polar surface area (TPSA) is 92.8 Å². The second kappa shape index (κ2) is 7.63. The smallest absolute Gasteiger partial charge is 0.337 e. The number of aryl methyl sites for hydroxylation is 1. The molecule has 0 atom stereocenters. The first-order valence-corrected chi connectivity index (χ1v) is 10.4. The molecule has 0 fully saturated rings. The van der Waals surface area contributed by atoms with Crippen molar-refractivity contribution >= 4 is 33.3 Å². The van der Waals surface area contributed by atoms with Gasteiger partial charge in [-0.3, -0.25) is 9.52 Å². The minimum absolute atomic E-state index is 0.0164. The lowest BCUT2D eigenvalue weighted by molar-refractivity contribution is -0.118. The number of nitrogens with zero attached hydrogens (tertiary/aromatic N) is 1. The standard InChI is InChI=1S/C20H22N2O5S/c1-4-19(23)22-10-9-14-11-16(7-8-18(14)22)28(25,26)21-17-12-15(20(24)27-3)6-5-13(17)2/h5-8,11-12,21H,4,9-10H2,1-3H3. The summed E-state index contributed by atoms with van der Waals surface area (Å²) in [5.74, 6) is -0.526. The summed E-state index contributed by atoms with van der Waals surface area (Å²) in [6.07, 6.45) is 1.01. The number of hydrogen-bond donors (Lipinski definition) is 1. The summed E-state index contributed by atoms with van der Waals surface area (Å²) < 4.78 is 33.0. The van der Waals surface area contributed by atoms with Gasteiger partial charge >= 0.3 is 5.97 Å². The number of rotatable bonds is 5. The summed E-state index contributed by atoms with van der Waals surface area (Å²) in [5, 5.41) is 0. The second-order valence-corrected chi connectivity index (χ2v) is 8.25. The quantitative estimate of drug-likeness (QED) is 0.777. The van der Waals surface area contributed by atoms with E-state index in [0.717, 1.165) is 11.3 Å². The number of fused-ring (bicyclic) bond motifs is 1. The van der Waals surface area contributed by atoms with E-state index < -0.39 is 16.0 Å². The number of nitrogens with one attached hydrogen (secondary N) is 1. The monoisotopic (exact) mass is 402 g/mol. The van der Waals surface area contributed by atoms with Crippen LogP contribution in [-0.4, -0.2) is 33.9 Å². The van der Waals surface area contributed by atoms with Crippen LogP contribution >= 0.6 is 0 Å². The van der Waals surface area contributed by atoms with E-state index in [-0.39, 0.29) is 16.4 Å². The van der Waals surface area contributed by atoms with Gasteiger partial charge in [0.2, 0.25) is 5.91 Å². The molecule has 148 valence electrons. The number of amides is 1. The number of methoxy groups -OCH3 is 1. The van der Waals surface area contributed by atoms with Crippen molar-refractivity contribution in [3.63, 3.8) is 0 Å². The number of hydrogen-bond acceptors (Lipinski definition) is 5. The minimum Gasteiger partial charge on any atom is -0.465 e. The molecule has 1 N–H and O–H groups in total. The van der Waals surface area contributed by atoms with Crippen LogP contribution in [-0.2, 0) is 26.0 Å². The Bertz CT molecular complexity index is 1050. The molecule has 3 rings (SSSR count). The second-order valence-electron chi connectivity index (χ2n) is 6.57. The van der Waals surface area contributed by atoms with Crippen molar-refractivity contribution in [1.29, 1.82) is 0 Å². The number of benzene rings is 2. The Morgan fingerprint density at radius 1 is 1.18 bits per heavy atom. The Kier molecular flexibility index (Phi) is 5.42. The average molecular weight is 402 g/mol. The third-order valence-corrected chi connectivity index (χ3v) is 6.13. The third-order valence-electron chi connectivity index (χ3n) is 4.76. The molecule has 28 heavy (non-hydrogen) atoms. The molecule has 2 aromatic carbocycles. The number of ether oxygens (including phenoxy) is 1. The van der Waals surface area contributed by atoms with Gasteiger partial charge in [-0.1, -0.05) is 13.0 Å². The summed E-state index contributed by atoms with van der Waals surface area (Å²) in [6, 6.07) is 9.44. The van der Waals surface area contributed by atoms with Crippen molar-refractivity contribution in [3.05, 3.63) is 53.1 Å². The van der Waals surface area contributed by atoms with E-state index in [4.69, 9.17) is 0 Å². The number of carbonyl (C=O) groups excluding carboxylic acids is 2. The fraction of sp³-hybridized carbons (Fsp3) is 0.300. The summed E-state index contributed by atoms with van der Waals surface area (Å²) in [4.78, 5) is 25.5. The molecule has 1 aliphatic rings. The van der Waals surface area contributed by atoms with Gasteiger partial charge in [-0.15, -0.1) is 0 Å². The fourth-order valence-corrected chi connectivity index (χ4v) is 4.35. The zero-order valence-electron chi connectivity index (χ0n) is 16.0. The molecule has 0 bridgehead atoms. The molecule has 7 nitrogen and oxygen atoms in total. The first-order chi connectivity index (χ1) is 13.3. The summed E-state index contributed by atoms with van der Waals surface area (Å²) in [6.45, 7) is 4.10. The van der Waals surface area contributed by atoms with Crippen LogP contribution in [0.1, 0.15) is 34.8 Å². The van der Waals surface area contributed by atoms with Gasteiger partial charge in [0.15, 0.2) is 0 Å². The van der Waals surface area contributed by atoms with E-state index in [1.165, 1.54) is 19.2 Å². The van der Waals surface area contributed by atoms with Gasteiger partial charge in [0.1, 0.15) is 0 Å². The van der Waals surface area contributed by atoms with Gasteiger partial charge in [0.25, 0.3) is 10.0 Å². The first kappa shape index (κ1) is 19.9. The summed E-state index contributed by atoms with van der Waals surface area (Å²) in [7, 11) is -2.59. The molecule has 0 spiro atoms. The Balaban J connectivity index is 1.91. The van der Waals surface area contributed by atoms with Crippen molar-refractivity contribution in [2.75, 3.05) is 23.3 Å². The lowest BCUT2D eigenvalue weighted by Crippen LogP contribution is -2.27. The molecule has 0 saturated carbocycles. The van der Waals surface area contributed by atoms with E-state index in [9.17, 15) is 18.0 Å².